The molecule has 1 aliphatic heterocycles. The Kier molecular flexibility index (Phi) is 5.01. The molecule has 118 valence electrons. The molecule has 1 heterocycles. The van der Waals surface area contributed by atoms with Gasteiger partial charge in [-0.1, -0.05) is 23.3 Å². The molecule has 2 amide bonds. The molecule has 1 aliphatic rings. The van der Waals surface area contributed by atoms with Crippen LogP contribution < -0.4 is 5.32 Å². The van der Waals surface area contributed by atoms with E-state index < -0.39 is 0 Å². The molecule has 4 heteroatoms. The predicted molar refractivity (Wildman–Crippen MR) is 87.8 cm³/mol. The minimum Gasteiger partial charge on any atom is -0.350 e. The first kappa shape index (κ1) is 16.3. The first-order chi connectivity index (χ1) is 10.4. The van der Waals surface area contributed by atoms with Crippen LogP contribution in [0.3, 0.4) is 0 Å². The van der Waals surface area contributed by atoms with E-state index >= 15 is 0 Å². The molecule has 1 aromatic carbocycles. The largest absolute Gasteiger partial charge is 0.350 e. The summed E-state index contributed by atoms with van der Waals surface area (Å²) in [4.78, 5) is 26.3. The Hall–Kier alpha value is -2.10. The molecule has 2 rings (SSSR count). The first-order valence-electron chi connectivity index (χ1n) is 7.74. The van der Waals surface area contributed by atoms with Crippen LogP contribution >= 0.6 is 0 Å². The molecule has 0 saturated carbocycles. The maximum atomic E-state index is 12.6. The third kappa shape index (κ3) is 3.97. The summed E-state index contributed by atoms with van der Waals surface area (Å²) in [5.41, 5.74) is 3.68. The molecule has 0 radical (unpaired) electrons. The van der Waals surface area contributed by atoms with E-state index in [1.165, 1.54) is 0 Å². The number of carbonyl (C=O) groups is 2. The number of nitrogens with zero attached hydrogens (tertiary/aromatic N) is 1. The van der Waals surface area contributed by atoms with Crippen LogP contribution in [0.5, 0.6) is 0 Å². The second-order valence-electron chi connectivity index (χ2n) is 6.24. The van der Waals surface area contributed by atoms with Gasteiger partial charge < -0.3 is 10.2 Å². The molecule has 0 saturated heterocycles. The van der Waals surface area contributed by atoms with Crippen LogP contribution in [0.15, 0.2) is 29.8 Å². The zero-order valence-corrected chi connectivity index (χ0v) is 13.8. The second kappa shape index (κ2) is 6.77. The average molecular weight is 300 g/mol. The molecule has 0 fully saturated rings. The number of nitrogens with one attached hydrogen (secondary N) is 1. The zero-order valence-electron chi connectivity index (χ0n) is 13.8. The fraction of sp³-hybridized carbons (Fsp3) is 0.444. The third-order valence-corrected chi connectivity index (χ3v) is 3.68. The number of hydrogen-bond acceptors (Lipinski definition) is 2. The number of aryl methyl sites for hydroxylation is 2. The SMILES string of the molecule is Cc1cc(C)cc(C(=O)N2CC=C(C(=O)NC(C)C)CC2)c1. The molecule has 0 unspecified atom stereocenters. The second-order valence-corrected chi connectivity index (χ2v) is 6.24. The Bertz CT molecular complexity index is 597. The summed E-state index contributed by atoms with van der Waals surface area (Å²) in [6.07, 6.45) is 2.47. The van der Waals surface area contributed by atoms with Gasteiger partial charge >= 0.3 is 0 Å². The molecule has 0 spiro atoms. The van der Waals surface area contributed by atoms with Gasteiger partial charge in [0, 0.05) is 30.3 Å². The van der Waals surface area contributed by atoms with Crippen molar-refractivity contribution in [2.75, 3.05) is 13.1 Å². The van der Waals surface area contributed by atoms with Crippen molar-refractivity contribution in [3.63, 3.8) is 0 Å². The minimum absolute atomic E-state index is 0.0199. The predicted octanol–water partition coefficient (Wildman–Crippen LogP) is 2.60. The van der Waals surface area contributed by atoms with Crippen molar-refractivity contribution in [1.29, 1.82) is 0 Å². The summed E-state index contributed by atoms with van der Waals surface area (Å²) >= 11 is 0. The Morgan fingerprint density at radius 1 is 1.14 bits per heavy atom. The highest BCUT2D eigenvalue weighted by atomic mass is 16.2. The van der Waals surface area contributed by atoms with Crippen molar-refractivity contribution in [2.24, 2.45) is 0 Å². The molecule has 0 bridgehead atoms. The lowest BCUT2D eigenvalue weighted by Crippen LogP contribution is -2.39. The van der Waals surface area contributed by atoms with Crippen molar-refractivity contribution in [2.45, 2.75) is 40.2 Å². The van der Waals surface area contributed by atoms with Crippen LogP contribution in [-0.2, 0) is 4.79 Å². The summed E-state index contributed by atoms with van der Waals surface area (Å²) in [5.74, 6) is 0.0138. The smallest absolute Gasteiger partial charge is 0.254 e. The van der Waals surface area contributed by atoms with Gasteiger partial charge in [-0.3, -0.25) is 9.59 Å². The molecular weight excluding hydrogens is 276 g/mol. The van der Waals surface area contributed by atoms with E-state index in [2.05, 4.69) is 11.4 Å². The summed E-state index contributed by atoms with van der Waals surface area (Å²) in [5, 5.41) is 2.89. The number of carbonyl (C=O) groups excluding carboxylic acids is 2. The highest BCUT2D eigenvalue weighted by Crippen LogP contribution is 2.16. The summed E-state index contributed by atoms with van der Waals surface area (Å²) in [6.45, 7) is 8.95. The van der Waals surface area contributed by atoms with Crippen LogP contribution in [-0.4, -0.2) is 35.8 Å². The van der Waals surface area contributed by atoms with E-state index in [0.717, 1.165) is 22.3 Å². The lowest BCUT2D eigenvalue weighted by atomic mass is 10.0. The summed E-state index contributed by atoms with van der Waals surface area (Å²) in [7, 11) is 0. The van der Waals surface area contributed by atoms with Gasteiger partial charge in [0.25, 0.3) is 5.91 Å². The third-order valence-electron chi connectivity index (χ3n) is 3.68. The van der Waals surface area contributed by atoms with Gasteiger partial charge in [-0.15, -0.1) is 0 Å². The van der Waals surface area contributed by atoms with Crippen LogP contribution in [0.2, 0.25) is 0 Å². The number of hydrogen-bond donors (Lipinski definition) is 1. The van der Waals surface area contributed by atoms with E-state index in [1.807, 2.05) is 45.9 Å². The molecule has 0 aliphatic carbocycles. The highest BCUT2D eigenvalue weighted by Gasteiger charge is 2.22. The normalized spacial score (nSPS) is 14.8. The molecule has 1 aromatic rings. The highest BCUT2D eigenvalue weighted by molar-refractivity contribution is 5.96. The molecule has 4 nitrogen and oxygen atoms in total. The van der Waals surface area contributed by atoms with Gasteiger partial charge in [0.15, 0.2) is 0 Å². The van der Waals surface area contributed by atoms with Gasteiger partial charge in [-0.2, -0.15) is 0 Å². The van der Waals surface area contributed by atoms with Crippen molar-refractivity contribution >= 4 is 11.8 Å². The lowest BCUT2D eigenvalue weighted by Gasteiger charge is -2.26. The average Bonchev–Trinajstić information content (AvgIpc) is 2.45. The van der Waals surface area contributed by atoms with Crippen molar-refractivity contribution < 1.29 is 9.59 Å². The van der Waals surface area contributed by atoms with E-state index in [-0.39, 0.29) is 17.9 Å². The molecular formula is C18H24N2O2. The van der Waals surface area contributed by atoms with Crippen LogP contribution in [0, 0.1) is 13.8 Å². The van der Waals surface area contributed by atoms with E-state index in [9.17, 15) is 9.59 Å². The fourth-order valence-corrected chi connectivity index (χ4v) is 2.70. The Morgan fingerprint density at radius 3 is 2.27 bits per heavy atom. The number of rotatable bonds is 3. The minimum atomic E-state index is -0.0199. The van der Waals surface area contributed by atoms with Gasteiger partial charge in [0.2, 0.25) is 5.91 Å². The maximum absolute atomic E-state index is 12.6. The fourth-order valence-electron chi connectivity index (χ4n) is 2.70. The molecule has 1 N–H and O–H groups in total. The lowest BCUT2D eigenvalue weighted by molar-refractivity contribution is -0.118. The maximum Gasteiger partial charge on any atom is 0.254 e. The van der Waals surface area contributed by atoms with Gasteiger partial charge in [-0.05, 0) is 46.2 Å². The molecule has 0 aromatic heterocycles. The van der Waals surface area contributed by atoms with E-state index in [1.54, 1.807) is 4.90 Å². The molecule has 22 heavy (non-hydrogen) atoms. The zero-order chi connectivity index (χ0) is 16.3. The summed E-state index contributed by atoms with van der Waals surface area (Å²) in [6, 6.07) is 6.02. The van der Waals surface area contributed by atoms with Crippen molar-refractivity contribution in [3.8, 4) is 0 Å². The Morgan fingerprint density at radius 2 is 1.77 bits per heavy atom. The van der Waals surface area contributed by atoms with Gasteiger partial charge in [0.1, 0.15) is 0 Å². The van der Waals surface area contributed by atoms with Gasteiger partial charge in [0.05, 0.1) is 0 Å². The number of amides is 2. The van der Waals surface area contributed by atoms with Crippen molar-refractivity contribution in [1.82, 2.24) is 10.2 Å². The number of benzene rings is 1. The van der Waals surface area contributed by atoms with Gasteiger partial charge in [-0.25, -0.2) is 0 Å². The van der Waals surface area contributed by atoms with Crippen molar-refractivity contribution in [3.05, 3.63) is 46.5 Å². The monoisotopic (exact) mass is 300 g/mol. The van der Waals surface area contributed by atoms with Crippen LogP contribution in [0.4, 0.5) is 0 Å². The quantitative estimate of drug-likeness (QED) is 0.933. The standard InChI is InChI=1S/C18H24N2O2/c1-12(2)19-17(21)15-5-7-20(8-6-15)18(22)16-10-13(3)9-14(4)11-16/h5,9-12H,6-8H2,1-4H3,(H,19,21). The summed E-state index contributed by atoms with van der Waals surface area (Å²) < 4.78 is 0. The van der Waals surface area contributed by atoms with E-state index in [0.29, 0.717) is 19.5 Å². The Labute approximate surface area is 132 Å². The van der Waals surface area contributed by atoms with Crippen LogP contribution in [0.1, 0.15) is 41.8 Å². The Balaban J connectivity index is 2.05. The van der Waals surface area contributed by atoms with Crippen LogP contribution in [0.25, 0.3) is 0 Å². The first-order valence-corrected chi connectivity index (χ1v) is 7.74. The van der Waals surface area contributed by atoms with E-state index in [4.69, 9.17) is 0 Å². The molecule has 0 atom stereocenters. The topological polar surface area (TPSA) is 49.4 Å².